The van der Waals surface area contributed by atoms with Crippen molar-refractivity contribution in [1.29, 1.82) is 0 Å². The number of hydrogen-bond acceptors (Lipinski definition) is 5. The molecule has 1 heterocycles. The number of nitrogens with two attached hydrogens (primary N) is 1. The number of hydrogen-bond donors (Lipinski definition) is 1. The molecule has 1 aromatic heterocycles. The van der Waals surface area contributed by atoms with Crippen molar-refractivity contribution >= 4 is 40.2 Å². The lowest BCUT2D eigenvalue weighted by Gasteiger charge is -2.17. The van der Waals surface area contributed by atoms with Gasteiger partial charge in [0.05, 0.1) is 29.0 Å². The first-order valence-electron chi connectivity index (χ1n) is 8.15. The van der Waals surface area contributed by atoms with E-state index in [1.54, 1.807) is 31.2 Å². The first kappa shape index (κ1) is 19.3. The lowest BCUT2D eigenvalue weighted by atomic mass is 10.2. The van der Waals surface area contributed by atoms with E-state index >= 15 is 0 Å². The standard InChI is InChI=1S/C19H18ClN3O3S/c1-10-4-7-16(26-3)15(8-10)23-18(25)13-6-5-12(20)9-14(13)22-19(23)27-11(2)17(21)24/h4-9,11H,1-3H3,(H2,21,24)/t11-/m0/s1. The quantitative estimate of drug-likeness (QED) is 0.521. The van der Waals surface area contributed by atoms with Crippen molar-refractivity contribution in [3.8, 4) is 11.4 Å². The highest BCUT2D eigenvalue weighted by molar-refractivity contribution is 8.00. The van der Waals surface area contributed by atoms with Crippen molar-refractivity contribution in [3.05, 3.63) is 57.3 Å². The Labute approximate surface area is 165 Å². The van der Waals surface area contributed by atoms with Crippen molar-refractivity contribution in [3.63, 3.8) is 0 Å². The van der Waals surface area contributed by atoms with Crippen LogP contribution >= 0.6 is 23.4 Å². The average molecular weight is 404 g/mol. The summed E-state index contributed by atoms with van der Waals surface area (Å²) in [6.45, 7) is 3.58. The fourth-order valence-corrected chi connectivity index (χ4v) is 3.66. The Kier molecular flexibility index (Phi) is 5.43. The van der Waals surface area contributed by atoms with Gasteiger partial charge in [0, 0.05) is 5.02 Å². The van der Waals surface area contributed by atoms with Gasteiger partial charge in [-0.05, 0) is 49.7 Å². The molecule has 6 nitrogen and oxygen atoms in total. The molecule has 1 amide bonds. The highest BCUT2D eigenvalue weighted by atomic mass is 35.5. The molecule has 0 aliphatic heterocycles. The van der Waals surface area contributed by atoms with E-state index in [9.17, 15) is 9.59 Å². The maximum atomic E-state index is 13.3. The third kappa shape index (κ3) is 3.79. The SMILES string of the molecule is COc1ccc(C)cc1-n1c(S[C@@H](C)C(N)=O)nc2cc(Cl)ccc2c1=O. The van der Waals surface area contributed by atoms with Crippen LogP contribution in [0.25, 0.3) is 16.6 Å². The second-order valence-corrected chi connectivity index (χ2v) is 7.78. The Bertz CT molecular complexity index is 1100. The summed E-state index contributed by atoms with van der Waals surface area (Å²) >= 11 is 7.17. The summed E-state index contributed by atoms with van der Waals surface area (Å²) in [6, 6.07) is 10.4. The van der Waals surface area contributed by atoms with Gasteiger partial charge in [-0.1, -0.05) is 29.4 Å². The van der Waals surface area contributed by atoms with E-state index in [4.69, 9.17) is 22.1 Å². The highest BCUT2D eigenvalue weighted by Gasteiger charge is 2.20. The number of thioether (sulfide) groups is 1. The second kappa shape index (κ2) is 7.62. The molecule has 0 spiro atoms. The first-order valence-corrected chi connectivity index (χ1v) is 9.41. The van der Waals surface area contributed by atoms with Crippen LogP contribution in [0.5, 0.6) is 5.75 Å². The smallest absolute Gasteiger partial charge is 0.266 e. The van der Waals surface area contributed by atoms with Crippen LogP contribution in [-0.2, 0) is 4.79 Å². The van der Waals surface area contributed by atoms with Gasteiger partial charge < -0.3 is 10.5 Å². The topological polar surface area (TPSA) is 87.2 Å². The van der Waals surface area contributed by atoms with Gasteiger partial charge in [0.25, 0.3) is 5.56 Å². The van der Waals surface area contributed by atoms with Gasteiger partial charge in [0.15, 0.2) is 5.16 Å². The number of nitrogens with zero attached hydrogens (tertiary/aromatic N) is 2. The van der Waals surface area contributed by atoms with Gasteiger partial charge in [-0.15, -0.1) is 0 Å². The maximum Gasteiger partial charge on any atom is 0.266 e. The number of halogens is 1. The number of benzene rings is 2. The minimum Gasteiger partial charge on any atom is -0.495 e. The molecule has 27 heavy (non-hydrogen) atoms. The van der Waals surface area contributed by atoms with E-state index in [-0.39, 0.29) is 5.56 Å². The Morgan fingerprint density at radius 1 is 1.30 bits per heavy atom. The molecule has 0 unspecified atom stereocenters. The predicted octanol–water partition coefficient (Wildman–Crippen LogP) is 3.32. The van der Waals surface area contributed by atoms with E-state index in [1.165, 1.54) is 11.7 Å². The fraction of sp³-hybridized carbons (Fsp3) is 0.211. The van der Waals surface area contributed by atoms with Crippen LogP contribution in [0.2, 0.25) is 5.02 Å². The minimum atomic E-state index is -0.574. The third-order valence-corrected chi connectivity index (χ3v) is 5.36. The normalized spacial score (nSPS) is 12.1. The number of ether oxygens (including phenoxy) is 1. The number of fused-ring (bicyclic) bond motifs is 1. The molecule has 0 saturated carbocycles. The molecule has 2 N–H and O–H groups in total. The number of aromatic nitrogens is 2. The zero-order valence-corrected chi connectivity index (χ0v) is 16.6. The zero-order valence-electron chi connectivity index (χ0n) is 15.0. The van der Waals surface area contributed by atoms with Gasteiger partial charge in [0.2, 0.25) is 5.91 Å². The summed E-state index contributed by atoms with van der Waals surface area (Å²) in [5.74, 6) is 0.0228. The lowest BCUT2D eigenvalue weighted by Crippen LogP contribution is -2.26. The molecule has 1 atom stereocenters. The number of aryl methyl sites for hydroxylation is 1. The molecule has 0 bridgehead atoms. The second-order valence-electron chi connectivity index (χ2n) is 6.03. The van der Waals surface area contributed by atoms with Crippen LogP contribution in [-0.4, -0.2) is 27.8 Å². The van der Waals surface area contributed by atoms with Crippen LogP contribution in [0.3, 0.4) is 0 Å². The molecule has 0 saturated heterocycles. The molecule has 3 rings (SSSR count). The van der Waals surface area contributed by atoms with Crippen molar-refractivity contribution in [1.82, 2.24) is 9.55 Å². The number of carbonyl (C=O) groups excluding carboxylic acids is 1. The maximum absolute atomic E-state index is 13.3. The van der Waals surface area contributed by atoms with Crippen molar-refractivity contribution < 1.29 is 9.53 Å². The Balaban J connectivity index is 2.37. The van der Waals surface area contributed by atoms with Gasteiger partial charge >= 0.3 is 0 Å². The molecular weight excluding hydrogens is 386 g/mol. The molecule has 2 aromatic carbocycles. The summed E-state index contributed by atoms with van der Waals surface area (Å²) in [4.78, 5) is 29.4. The summed E-state index contributed by atoms with van der Waals surface area (Å²) in [5, 5.41) is 0.652. The third-order valence-electron chi connectivity index (χ3n) is 4.06. The summed E-state index contributed by atoms with van der Waals surface area (Å²) in [7, 11) is 1.53. The van der Waals surface area contributed by atoms with Crippen molar-refractivity contribution in [2.45, 2.75) is 24.3 Å². The van der Waals surface area contributed by atoms with Gasteiger partial charge in [-0.3, -0.25) is 14.2 Å². The van der Waals surface area contributed by atoms with Crippen LogP contribution in [0.15, 0.2) is 46.3 Å². The van der Waals surface area contributed by atoms with E-state index in [1.807, 2.05) is 19.1 Å². The molecule has 140 valence electrons. The Hall–Kier alpha value is -2.51. The minimum absolute atomic E-state index is 0.278. The number of rotatable bonds is 5. The van der Waals surface area contributed by atoms with Crippen LogP contribution < -0.4 is 16.0 Å². The van der Waals surface area contributed by atoms with Gasteiger partial charge in [-0.25, -0.2) is 4.98 Å². The number of methoxy groups -OCH3 is 1. The van der Waals surface area contributed by atoms with Gasteiger partial charge in [0.1, 0.15) is 5.75 Å². The lowest BCUT2D eigenvalue weighted by molar-refractivity contribution is -0.117. The summed E-state index contributed by atoms with van der Waals surface area (Å²) in [5.41, 5.74) is 7.08. The number of primary amides is 1. The molecule has 3 aromatic rings. The van der Waals surface area contributed by atoms with E-state index in [0.717, 1.165) is 17.3 Å². The van der Waals surface area contributed by atoms with Crippen LogP contribution in [0.1, 0.15) is 12.5 Å². The Morgan fingerprint density at radius 2 is 2.04 bits per heavy atom. The van der Waals surface area contributed by atoms with E-state index in [2.05, 4.69) is 4.98 Å². The largest absolute Gasteiger partial charge is 0.495 e. The predicted molar refractivity (Wildman–Crippen MR) is 108 cm³/mol. The number of amides is 1. The molecular formula is C19H18ClN3O3S. The van der Waals surface area contributed by atoms with E-state index in [0.29, 0.717) is 32.5 Å². The van der Waals surface area contributed by atoms with Crippen LogP contribution in [0.4, 0.5) is 0 Å². The Morgan fingerprint density at radius 3 is 2.70 bits per heavy atom. The molecule has 0 fully saturated rings. The van der Waals surface area contributed by atoms with Gasteiger partial charge in [-0.2, -0.15) is 0 Å². The first-order chi connectivity index (χ1) is 12.8. The number of carbonyl (C=O) groups is 1. The molecule has 8 heteroatoms. The summed E-state index contributed by atoms with van der Waals surface area (Å²) < 4.78 is 6.89. The van der Waals surface area contributed by atoms with E-state index < -0.39 is 11.2 Å². The van der Waals surface area contributed by atoms with Crippen molar-refractivity contribution in [2.75, 3.05) is 7.11 Å². The molecule has 0 aliphatic carbocycles. The molecule has 0 aliphatic rings. The monoisotopic (exact) mass is 403 g/mol. The van der Waals surface area contributed by atoms with Crippen LogP contribution in [0, 0.1) is 6.92 Å². The zero-order chi connectivity index (χ0) is 19.7. The summed E-state index contributed by atoms with van der Waals surface area (Å²) in [6.07, 6.45) is 0. The molecule has 0 radical (unpaired) electrons. The highest BCUT2D eigenvalue weighted by Crippen LogP contribution is 2.30. The average Bonchev–Trinajstić information content (AvgIpc) is 2.61. The van der Waals surface area contributed by atoms with Crippen molar-refractivity contribution in [2.24, 2.45) is 5.73 Å². The fourth-order valence-electron chi connectivity index (χ4n) is 2.62.